The Morgan fingerprint density at radius 1 is 1.60 bits per heavy atom. The van der Waals surface area contributed by atoms with E-state index in [-0.39, 0.29) is 5.91 Å². The standard InChI is InChI=1S/C11H14N2OS/c1-8-2-5-13(6-3-8)11(14)10-9(12)4-7-15-10/h2,4,7H,3,5-6,12H2,1H3. The molecule has 2 rings (SSSR count). The number of carbonyl (C=O) groups excluding carboxylic acids is 1. The molecule has 1 aromatic heterocycles. The Balaban J connectivity index is 2.13. The first-order chi connectivity index (χ1) is 7.18. The van der Waals surface area contributed by atoms with E-state index in [9.17, 15) is 4.79 Å². The van der Waals surface area contributed by atoms with E-state index < -0.39 is 0 Å². The number of carbonyl (C=O) groups is 1. The third kappa shape index (κ3) is 2.04. The molecule has 0 fully saturated rings. The molecule has 1 aromatic rings. The van der Waals surface area contributed by atoms with Crippen molar-refractivity contribution < 1.29 is 4.79 Å². The third-order valence-corrected chi connectivity index (χ3v) is 3.53. The van der Waals surface area contributed by atoms with Crippen molar-refractivity contribution in [2.24, 2.45) is 0 Å². The van der Waals surface area contributed by atoms with Gasteiger partial charge in [0.15, 0.2) is 0 Å². The highest BCUT2D eigenvalue weighted by Gasteiger charge is 2.20. The van der Waals surface area contributed by atoms with Crippen LogP contribution in [-0.2, 0) is 0 Å². The first kappa shape index (κ1) is 10.2. The SMILES string of the molecule is CC1=CCN(C(=O)c2sccc2N)CC1. The number of nitrogen functional groups attached to an aromatic ring is 1. The fourth-order valence-electron chi connectivity index (χ4n) is 1.59. The zero-order valence-electron chi connectivity index (χ0n) is 8.69. The maximum atomic E-state index is 12.0. The molecule has 15 heavy (non-hydrogen) atoms. The molecule has 1 amide bonds. The van der Waals surface area contributed by atoms with Gasteiger partial charge in [-0.25, -0.2) is 0 Å². The van der Waals surface area contributed by atoms with Crippen LogP contribution < -0.4 is 5.73 Å². The molecule has 2 N–H and O–H groups in total. The third-order valence-electron chi connectivity index (χ3n) is 2.61. The molecule has 0 radical (unpaired) electrons. The number of nitrogens with two attached hydrogens (primary N) is 1. The van der Waals surface area contributed by atoms with Crippen LogP contribution >= 0.6 is 11.3 Å². The van der Waals surface area contributed by atoms with Crippen LogP contribution in [0.5, 0.6) is 0 Å². The predicted octanol–water partition coefficient (Wildman–Crippen LogP) is 2.12. The summed E-state index contributed by atoms with van der Waals surface area (Å²) in [5.41, 5.74) is 7.68. The molecule has 0 bridgehead atoms. The van der Waals surface area contributed by atoms with Crippen molar-refractivity contribution in [2.45, 2.75) is 13.3 Å². The number of nitrogens with zero attached hydrogens (tertiary/aromatic N) is 1. The van der Waals surface area contributed by atoms with Crippen molar-refractivity contribution in [3.63, 3.8) is 0 Å². The smallest absolute Gasteiger partial charge is 0.266 e. The number of hydrogen-bond acceptors (Lipinski definition) is 3. The highest BCUT2D eigenvalue weighted by atomic mass is 32.1. The summed E-state index contributed by atoms with van der Waals surface area (Å²) >= 11 is 1.42. The average Bonchev–Trinajstić information content (AvgIpc) is 2.65. The fourth-order valence-corrected chi connectivity index (χ4v) is 2.38. The van der Waals surface area contributed by atoms with Gasteiger partial charge in [-0.05, 0) is 24.8 Å². The van der Waals surface area contributed by atoms with Gasteiger partial charge in [0.1, 0.15) is 4.88 Å². The zero-order valence-corrected chi connectivity index (χ0v) is 9.51. The number of anilines is 1. The van der Waals surface area contributed by atoms with Gasteiger partial charge in [-0.3, -0.25) is 4.79 Å². The molecule has 80 valence electrons. The van der Waals surface area contributed by atoms with Crippen LogP contribution in [0.15, 0.2) is 23.1 Å². The summed E-state index contributed by atoms with van der Waals surface area (Å²) in [6.45, 7) is 3.61. The Morgan fingerprint density at radius 3 is 2.93 bits per heavy atom. The number of thiophene rings is 1. The van der Waals surface area contributed by atoms with Gasteiger partial charge in [0.2, 0.25) is 0 Å². The van der Waals surface area contributed by atoms with Crippen LogP contribution in [0.1, 0.15) is 23.0 Å². The lowest BCUT2D eigenvalue weighted by Crippen LogP contribution is -2.34. The van der Waals surface area contributed by atoms with Crippen molar-refractivity contribution in [3.8, 4) is 0 Å². The summed E-state index contributed by atoms with van der Waals surface area (Å²) in [4.78, 5) is 14.5. The second-order valence-corrected chi connectivity index (χ2v) is 4.67. The van der Waals surface area contributed by atoms with E-state index in [2.05, 4.69) is 13.0 Å². The van der Waals surface area contributed by atoms with E-state index in [1.807, 2.05) is 10.3 Å². The van der Waals surface area contributed by atoms with Crippen molar-refractivity contribution >= 4 is 22.9 Å². The Morgan fingerprint density at radius 2 is 2.40 bits per heavy atom. The first-order valence-corrected chi connectivity index (χ1v) is 5.84. The normalized spacial score (nSPS) is 16.3. The van der Waals surface area contributed by atoms with Crippen LogP contribution in [0.25, 0.3) is 0 Å². The topological polar surface area (TPSA) is 46.3 Å². The van der Waals surface area contributed by atoms with Gasteiger partial charge in [-0.2, -0.15) is 0 Å². The molecule has 2 heterocycles. The lowest BCUT2D eigenvalue weighted by molar-refractivity contribution is 0.0775. The Bertz CT molecular complexity index is 408. The van der Waals surface area contributed by atoms with E-state index in [1.54, 1.807) is 6.07 Å². The molecular weight excluding hydrogens is 208 g/mol. The molecule has 0 saturated carbocycles. The molecule has 0 spiro atoms. The van der Waals surface area contributed by atoms with E-state index >= 15 is 0 Å². The van der Waals surface area contributed by atoms with E-state index in [1.165, 1.54) is 16.9 Å². The Hall–Kier alpha value is -1.29. The maximum Gasteiger partial charge on any atom is 0.266 e. The summed E-state index contributed by atoms with van der Waals surface area (Å²) < 4.78 is 0. The van der Waals surface area contributed by atoms with Crippen molar-refractivity contribution in [2.75, 3.05) is 18.8 Å². The minimum absolute atomic E-state index is 0.0613. The second-order valence-electron chi connectivity index (χ2n) is 3.76. The number of hydrogen-bond donors (Lipinski definition) is 1. The predicted molar refractivity (Wildman–Crippen MR) is 63.0 cm³/mol. The quantitative estimate of drug-likeness (QED) is 0.740. The van der Waals surface area contributed by atoms with E-state index in [0.717, 1.165) is 13.0 Å². The highest BCUT2D eigenvalue weighted by molar-refractivity contribution is 7.12. The van der Waals surface area contributed by atoms with Crippen molar-refractivity contribution in [3.05, 3.63) is 28.0 Å². The number of amides is 1. The van der Waals surface area contributed by atoms with Gasteiger partial charge in [0.05, 0.1) is 5.69 Å². The van der Waals surface area contributed by atoms with Crippen molar-refractivity contribution in [1.29, 1.82) is 0 Å². The van der Waals surface area contributed by atoms with E-state index in [4.69, 9.17) is 5.73 Å². The average molecular weight is 222 g/mol. The molecular formula is C11H14N2OS. The van der Waals surface area contributed by atoms with Gasteiger partial charge in [-0.1, -0.05) is 11.6 Å². The Kier molecular flexibility index (Phi) is 2.77. The first-order valence-electron chi connectivity index (χ1n) is 4.96. The van der Waals surface area contributed by atoms with Gasteiger partial charge in [0.25, 0.3) is 5.91 Å². The van der Waals surface area contributed by atoms with E-state index in [0.29, 0.717) is 17.1 Å². The maximum absolute atomic E-state index is 12.0. The molecule has 4 heteroatoms. The largest absolute Gasteiger partial charge is 0.397 e. The Labute approximate surface area is 93.2 Å². The van der Waals surface area contributed by atoms with Gasteiger partial charge < -0.3 is 10.6 Å². The fraction of sp³-hybridized carbons (Fsp3) is 0.364. The van der Waals surface area contributed by atoms with Crippen LogP contribution in [-0.4, -0.2) is 23.9 Å². The van der Waals surface area contributed by atoms with Gasteiger partial charge >= 0.3 is 0 Å². The summed E-state index contributed by atoms with van der Waals surface area (Å²) in [6, 6.07) is 1.78. The summed E-state index contributed by atoms with van der Waals surface area (Å²) in [5.74, 6) is 0.0613. The summed E-state index contributed by atoms with van der Waals surface area (Å²) in [6.07, 6.45) is 3.07. The molecule has 0 atom stereocenters. The van der Waals surface area contributed by atoms with Crippen LogP contribution in [0, 0.1) is 0 Å². The monoisotopic (exact) mass is 222 g/mol. The van der Waals surface area contributed by atoms with Gasteiger partial charge in [0, 0.05) is 13.1 Å². The second kappa shape index (κ2) is 4.06. The lowest BCUT2D eigenvalue weighted by atomic mass is 10.1. The summed E-state index contributed by atoms with van der Waals surface area (Å²) in [5, 5.41) is 1.85. The minimum atomic E-state index is 0.0613. The minimum Gasteiger partial charge on any atom is -0.397 e. The zero-order chi connectivity index (χ0) is 10.8. The molecule has 0 aliphatic carbocycles. The molecule has 1 aliphatic rings. The summed E-state index contributed by atoms with van der Waals surface area (Å²) in [7, 11) is 0. The van der Waals surface area contributed by atoms with Gasteiger partial charge in [-0.15, -0.1) is 11.3 Å². The van der Waals surface area contributed by atoms with Crippen LogP contribution in [0.4, 0.5) is 5.69 Å². The highest BCUT2D eigenvalue weighted by Crippen LogP contribution is 2.22. The van der Waals surface area contributed by atoms with Crippen LogP contribution in [0.2, 0.25) is 0 Å². The van der Waals surface area contributed by atoms with Crippen LogP contribution in [0.3, 0.4) is 0 Å². The van der Waals surface area contributed by atoms with Crippen molar-refractivity contribution in [1.82, 2.24) is 4.90 Å². The lowest BCUT2D eigenvalue weighted by Gasteiger charge is -2.25. The molecule has 1 aliphatic heterocycles. The molecule has 0 aromatic carbocycles. The molecule has 3 nitrogen and oxygen atoms in total. The molecule has 0 unspecified atom stereocenters. The molecule has 0 saturated heterocycles. The number of rotatable bonds is 1.